The quantitative estimate of drug-likeness (QED) is 0.857. The SMILES string of the molecule is CCc1ccc(NC(=O)[C@@H](C)OC(=O)c2c(C)noc2C)cc1. The van der Waals surface area contributed by atoms with Gasteiger partial charge in [0.25, 0.3) is 5.91 Å². The minimum Gasteiger partial charge on any atom is -0.449 e. The Balaban J connectivity index is 1.98. The van der Waals surface area contributed by atoms with Crippen molar-refractivity contribution in [3.63, 3.8) is 0 Å². The summed E-state index contributed by atoms with van der Waals surface area (Å²) in [5.41, 5.74) is 2.54. The molecule has 0 saturated heterocycles. The van der Waals surface area contributed by atoms with Crippen molar-refractivity contribution in [3.05, 3.63) is 46.8 Å². The van der Waals surface area contributed by atoms with E-state index in [2.05, 4.69) is 17.4 Å². The number of benzene rings is 1. The Bertz CT molecular complexity index is 684. The number of carbonyl (C=O) groups is 2. The number of anilines is 1. The molecule has 1 heterocycles. The van der Waals surface area contributed by atoms with E-state index in [9.17, 15) is 9.59 Å². The Morgan fingerprint density at radius 3 is 2.43 bits per heavy atom. The van der Waals surface area contributed by atoms with Crippen molar-refractivity contribution >= 4 is 17.6 Å². The average Bonchev–Trinajstić information content (AvgIpc) is 2.86. The van der Waals surface area contributed by atoms with Crippen molar-refractivity contribution < 1.29 is 18.8 Å². The van der Waals surface area contributed by atoms with Gasteiger partial charge in [-0.1, -0.05) is 24.2 Å². The molecule has 2 rings (SSSR count). The highest BCUT2D eigenvalue weighted by Gasteiger charge is 2.24. The highest BCUT2D eigenvalue weighted by Crippen LogP contribution is 2.15. The Morgan fingerprint density at radius 2 is 1.91 bits per heavy atom. The second-order valence-corrected chi connectivity index (χ2v) is 5.29. The van der Waals surface area contributed by atoms with Crippen molar-refractivity contribution in [2.45, 2.75) is 40.2 Å². The van der Waals surface area contributed by atoms with E-state index >= 15 is 0 Å². The summed E-state index contributed by atoms with van der Waals surface area (Å²) in [7, 11) is 0. The molecule has 1 amide bonds. The van der Waals surface area contributed by atoms with Gasteiger partial charge in [-0.3, -0.25) is 4.79 Å². The van der Waals surface area contributed by atoms with Crippen molar-refractivity contribution in [3.8, 4) is 0 Å². The summed E-state index contributed by atoms with van der Waals surface area (Å²) in [5.74, 6) is -0.644. The lowest BCUT2D eigenvalue weighted by atomic mass is 10.1. The summed E-state index contributed by atoms with van der Waals surface area (Å²) >= 11 is 0. The molecule has 6 heteroatoms. The van der Waals surface area contributed by atoms with Crippen LogP contribution in [0, 0.1) is 13.8 Å². The third kappa shape index (κ3) is 3.97. The number of ether oxygens (including phenoxy) is 1. The summed E-state index contributed by atoms with van der Waals surface area (Å²) < 4.78 is 10.1. The zero-order chi connectivity index (χ0) is 17.0. The fourth-order valence-electron chi connectivity index (χ4n) is 2.12. The number of hydrogen-bond acceptors (Lipinski definition) is 5. The molecule has 0 fully saturated rings. The fourth-order valence-corrected chi connectivity index (χ4v) is 2.12. The minimum absolute atomic E-state index is 0.261. The second-order valence-electron chi connectivity index (χ2n) is 5.29. The van der Waals surface area contributed by atoms with Gasteiger partial charge >= 0.3 is 5.97 Å². The number of aromatic nitrogens is 1. The van der Waals surface area contributed by atoms with Crippen LogP contribution < -0.4 is 5.32 Å². The van der Waals surface area contributed by atoms with E-state index < -0.39 is 18.0 Å². The molecule has 6 nitrogen and oxygen atoms in total. The summed E-state index contributed by atoms with van der Waals surface area (Å²) in [6.07, 6.45) is 0.00158. The first-order valence-electron chi connectivity index (χ1n) is 7.46. The van der Waals surface area contributed by atoms with Gasteiger partial charge in [0.05, 0.1) is 5.69 Å². The number of carbonyl (C=O) groups excluding carboxylic acids is 2. The minimum atomic E-state index is -0.929. The fraction of sp³-hybridized carbons (Fsp3) is 0.353. The molecular formula is C17H20N2O4. The van der Waals surface area contributed by atoms with Crippen molar-refractivity contribution in [1.29, 1.82) is 0 Å². The first-order valence-corrected chi connectivity index (χ1v) is 7.46. The Hall–Kier alpha value is -2.63. The Morgan fingerprint density at radius 1 is 1.26 bits per heavy atom. The number of hydrogen-bond donors (Lipinski definition) is 1. The molecule has 1 atom stereocenters. The van der Waals surface area contributed by atoms with Crippen LogP contribution >= 0.6 is 0 Å². The first kappa shape index (κ1) is 16.7. The van der Waals surface area contributed by atoms with Gasteiger partial charge in [0, 0.05) is 5.69 Å². The normalized spacial score (nSPS) is 11.8. The molecular weight excluding hydrogens is 296 g/mol. The van der Waals surface area contributed by atoms with E-state index in [1.165, 1.54) is 12.5 Å². The highest BCUT2D eigenvalue weighted by atomic mass is 16.5. The number of esters is 1. The standard InChI is InChI=1S/C17H20N2O4/c1-5-13-6-8-14(9-7-13)18-16(20)12(4)22-17(21)15-10(2)19-23-11(15)3/h6-9,12H,5H2,1-4H3,(H,18,20)/t12-/m1/s1. The third-order valence-electron chi connectivity index (χ3n) is 3.52. The topological polar surface area (TPSA) is 81.4 Å². The zero-order valence-electron chi connectivity index (χ0n) is 13.7. The van der Waals surface area contributed by atoms with Gasteiger partial charge in [0.1, 0.15) is 11.3 Å². The number of aryl methyl sites for hydroxylation is 3. The molecule has 2 aromatic rings. The largest absolute Gasteiger partial charge is 0.449 e. The second kappa shape index (κ2) is 7.09. The van der Waals surface area contributed by atoms with Crippen LogP contribution in [0.2, 0.25) is 0 Å². The highest BCUT2D eigenvalue weighted by molar-refractivity contribution is 5.97. The van der Waals surface area contributed by atoms with E-state index in [0.717, 1.165) is 6.42 Å². The molecule has 23 heavy (non-hydrogen) atoms. The van der Waals surface area contributed by atoms with Crippen LogP contribution in [0.25, 0.3) is 0 Å². The molecule has 0 radical (unpaired) electrons. The molecule has 1 aromatic carbocycles. The monoisotopic (exact) mass is 316 g/mol. The van der Waals surface area contributed by atoms with Crippen molar-refractivity contribution in [2.75, 3.05) is 5.32 Å². The van der Waals surface area contributed by atoms with Gasteiger partial charge in [0.15, 0.2) is 6.10 Å². The molecule has 0 aliphatic carbocycles. The number of nitrogens with one attached hydrogen (secondary N) is 1. The van der Waals surface area contributed by atoms with E-state index in [1.807, 2.05) is 24.3 Å². The molecule has 1 N–H and O–H groups in total. The molecule has 122 valence electrons. The lowest BCUT2D eigenvalue weighted by molar-refractivity contribution is -0.123. The van der Waals surface area contributed by atoms with Crippen LogP contribution in [0.5, 0.6) is 0 Å². The van der Waals surface area contributed by atoms with Crippen LogP contribution in [-0.2, 0) is 16.0 Å². The third-order valence-corrected chi connectivity index (χ3v) is 3.52. The lowest BCUT2D eigenvalue weighted by Gasteiger charge is -2.13. The zero-order valence-corrected chi connectivity index (χ0v) is 13.7. The molecule has 0 saturated carbocycles. The van der Waals surface area contributed by atoms with Crippen molar-refractivity contribution in [2.24, 2.45) is 0 Å². The number of amides is 1. The van der Waals surface area contributed by atoms with Crippen LogP contribution in [0.15, 0.2) is 28.8 Å². The van der Waals surface area contributed by atoms with Crippen LogP contribution in [0.4, 0.5) is 5.69 Å². The maximum Gasteiger partial charge on any atom is 0.344 e. The Kier molecular flexibility index (Phi) is 5.16. The average molecular weight is 316 g/mol. The molecule has 0 spiro atoms. The summed E-state index contributed by atoms with van der Waals surface area (Å²) in [4.78, 5) is 24.2. The van der Waals surface area contributed by atoms with Gasteiger partial charge in [-0.15, -0.1) is 0 Å². The summed E-state index contributed by atoms with van der Waals surface area (Å²) in [6.45, 7) is 6.85. The smallest absolute Gasteiger partial charge is 0.344 e. The van der Waals surface area contributed by atoms with Gasteiger partial charge in [-0.25, -0.2) is 4.79 Å². The molecule has 0 bridgehead atoms. The molecule has 0 aliphatic heterocycles. The maximum absolute atomic E-state index is 12.1. The van der Waals surface area contributed by atoms with E-state index in [0.29, 0.717) is 17.1 Å². The van der Waals surface area contributed by atoms with Gasteiger partial charge in [-0.05, 0) is 44.9 Å². The van der Waals surface area contributed by atoms with E-state index in [-0.39, 0.29) is 5.56 Å². The van der Waals surface area contributed by atoms with Crippen molar-refractivity contribution in [1.82, 2.24) is 5.16 Å². The summed E-state index contributed by atoms with van der Waals surface area (Å²) in [6, 6.07) is 7.52. The van der Waals surface area contributed by atoms with Gasteiger partial charge in [-0.2, -0.15) is 0 Å². The van der Waals surface area contributed by atoms with Gasteiger partial charge < -0.3 is 14.6 Å². The van der Waals surface area contributed by atoms with Gasteiger partial charge in [0.2, 0.25) is 0 Å². The van der Waals surface area contributed by atoms with Crippen LogP contribution in [0.1, 0.15) is 41.2 Å². The lowest BCUT2D eigenvalue weighted by Crippen LogP contribution is -2.30. The predicted octanol–water partition coefficient (Wildman–Crippen LogP) is 3.04. The maximum atomic E-state index is 12.1. The van der Waals surface area contributed by atoms with E-state index in [1.54, 1.807) is 13.8 Å². The molecule has 0 aliphatic rings. The summed E-state index contributed by atoms with van der Waals surface area (Å²) in [5, 5.41) is 6.41. The number of rotatable bonds is 5. The molecule has 0 unspecified atom stereocenters. The van der Waals surface area contributed by atoms with Crippen LogP contribution in [0.3, 0.4) is 0 Å². The number of nitrogens with zero attached hydrogens (tertiary/aromatic N) is 1. The van der Waals surface area contributed by atoms with Crippen LogP contribution in [-0.4, -0.2) is 23.1 Å². The first-order chi connectivity index (χ1) is 10.9. The Labute approximate surface area is 134 Å². The predicted molar refractivity (Wildman–Crippen MR) is 85.3 cm³/mol. The van der Waals surface area contributed by atoms with E-state index in [4.69, 9.17) is 9.26 Å². The molecule has 1 aromatic heterocycles.